The van der Waals surface area contributed by atoms with E-state index in [0.717, 1.165) is 31.1 Å². The number of piperidine rings is 1. The molecule has 0 unspecified atom stereocenters. The van der Waals surface area contributed by atoms with Crippen LogP contribution in [0, 0.1) is 0 Å². The Hall–Kier alpha value is -1.44. The number of hydrogen-bond acceptors (Lipinski definition) is 2. The van der Waals surface area contributed by atoms with Gasteiger partial charge in [-0.2, -0.15) is 0 Å². The molecule has 0 saturated carbocycles. The minimum atomic E-state index is 1.00. The molecular formula is C14H17NO. The first-order valence-corrected chi connectivity index (χ1v) is 6.14. The SMILES string of the molecule is C1=C(N2CCCCC2)Oc2ccccc2C1. The normalized spacial score (nSPS) is 19.8. The Labute approximate surface area is 96.5 Å². The Morgan fingerprint density at radius 3 is 2.69 bits per heavy atom. The predicted molar refractivity (Wildman–Crippen MR) is 64.3 cm³/mol. The van der Waals surface area contributed by atoms with Gasteiger partial charge in [-0.05, 0) is 43.4 Å². The zero-order chi connectivity index (χ0) is 10.8. The minimum absolute atomic E-state index is 1.00. The second kappa shape index (κ2) is 4.20. The Bertz CT molecular complexity index is 405. The van der Waals surface area contributed by atoms with E-state index in [-0.39, 0.29) is 0 Å². The first-order valence-electron chi connectivity index (χ1n) is 6.14. The summed E-state index contributed by atoms with van der Waals surface area (Å²) >= 11 is 0. The molecule has 0 aliphatic carbocycles. The maximum atomic E-state index is 5.96. The lowest BCUT2D eigenvalue weighted by Crippen LogP contribution is -2.32. The number of ether oxygens (including phenoxy) is 1. The van der Waals surface area contributed by atoms with Gasteiger partial charge in [0.1, 0.15) is 5.75 Å². The van der Waals surface area contributed by atoms with Gasteiger partial charge in [0, 0.05) is 13.1 Å². The highest BCUT2D eigenvalue weighted by atomic mass is 16.5. The van der Waals surface area contributed by atoms with Crippen LogP contribution in [0.3, 0.4) is 0 Å². The largest absolute Gasteiger partial charge is 0.441 e. The number of benzene rings is 1. The fourth-order valence-corrected chi connectivity index (χ4v) is 2.43. The van der Waals surface area contributed by atoms with E-state index in [1.54, 1.807) is 0 Å². The molecule has 16 heavy (non-hydrogen) atoms. The molecule has 0 aromatic heterocycles. The van der Waals surface area contributed by atoms with Crippen molar-refractivity contribution in [3.63, 3.8) is 0 Å². The highest BCUT2D eigenvalue weighted by Crippen LogP contribution is 2.28. The van der Waals surface area contributed by atoms with Gasteiger partial charge in [-0.3, -0.25) is 0 Å². The zero-order valence-corrected chi connectivity index (χ0v) is 9.48. The first-order chi connectivity index (χ1) is 7.93. The monoisotopic (exact) mass is 215 g/mol. The van der Waals surface area contributed by atoms with Crippen LogP contribution in [0.2, 0.25) is 0 Å². The molecule has 1 saturated heterocycles. The molecule has 0 atom stereocenters. The predicted octanol–water partition coefficient (Wildman–Crippen LogP) is 2.95. The van der Waals surface area contributed by atoms with Crippen molar-refractivity contribution >= 4 is 0 Å². The second-order valence-electron chi connectivity index (χ2n) is 4.50. The van der Waals surface area contributed by atoms with Gasteiger partial charge >= 0.3 is 0 Å². The fraction of sp³-hybridized carbons (Fsp3) is 0.429. The van der Waals surface area contributed by atoms with Crippen LogP contribution in [0.5, 0.6) is 5.75 Å². The van der Waals surface area contributed by atoms with E-state index < -0.39 is 0 Å². The smallest absolute Gasteiger partial charge is 0.192 e. The molecule has 3 rings (SSSR count). The fourth-order valence-electron chi connectivity index (χ4n) is 2.43. The van der Waals surface area contributed by atoms with Gasteiger partial charge < -0.3 is 9.64 Å². The number of para-hydroxylation sites is 1. The van der Waals surface area contributed by atoms with Gasteiger partial charge in [0.05, 0.1) is 0 Å². The maximum absolute atomic E-state index is 5.96. The van der Waals surface area contributed by atoms with Crippen molar-refractivity contribution in [3.05, 3.63) is 41.8 Å². The van der Waals surface area contributed by atoms with Crippen LogP contribution in [-0.2, 0) is 6.42 Å². The molecular weight excluding hydrogens is 198 g/mol. The summed E-state index contributed by atoms with van der Waals surface area (Å²) in [5.74, 6) is 2.10. The van der Waals surface area contributed by atoms with Crippen LogP contribution < -0.4 is 4.74 Å². The summed E-state index contributed by atoms with van der Waals surface area (Å²) in [6, 6.07) is 8.31. The standard InChI is InChI=1S/C14H17NO/c1-4-10-15(11-5-1)14-9-8-12-6-2-3-7-13(12)16-14/h2-3,6-7,9H,1,4-5,8,10-11H2. The molecule has 2 aliphatic heterocycles. The molecule has 2 heterocycles. The third kappa shape index (κ3) is 1.80. The summed E-state index contributed by atoms with van der Waals surface area (Å²) in [7, 11) is 0. The second-order valence-corrected chi connectivity index (χ2v) is 4.50. The Morgan fingerprint density at radius 2 is 1.81 bits per heavy atom. The third-order valence-electron chi connectivity index (χ3n) is 3.35. The Balaban J connectivity index is 1.77. The lowest BCUT2D eigenvalue weighted by molar-refractivity contribution is 0.182. The molecule has 2 heteroatoms. The molecule has 2 nitrogen and oxygen atoms in total. The van der Waals surface area contributed by atoms with Gasteiger partial charge in [0.25, 0.3) is 0 Å². The van der Waals surface area contributed by atoms with Crippen LogP contribution >= 0.6 is 0 Å². The summed E-state index contributed by atoms with van der Waals surface area (Å²) in [6.07, 6.45) is 7.17. The molecule has 1 aromatic rings. The lowest BCUT2D eigenvalue weighted by Gasteiger charge is -2.32. The molecule has 1 fully saturated rings. The van der Waals surface area contributed by atoms with E-state index >= 15 is 0 Å². The summed E-state index contributed by atoms with van der Waals surface area (Å²) in [4.78, 5) is 2.37. The van der Waals surface area contributed by atoms with Crippen molar-refractivity contribution < 1.29 is 4.74 Å². The molecule has 0 N–H and O–H groups in total. The van der Waals surface area contributed by atoms with Crippen molar-refractivity contribution in [3.8, 4) is 5.75 Å². The van der Waals surface area contributed by atoms with E-state index in [0.29, 0.717) is 0 Å². The van der Waals surface area contributed by atoms with Crippen LogP contribution in [0.4, 0.5) is 0 Å². The van der Waals surface area contributed by atoms with Gasteiger partial charge in [-0.25, -0.2) is 0 Å². The average molecular weight is 215 g/mol. The molecule has 1 aromatic carbocycles. The van der Waals surface area contributed by atoms with Gasteiger partial charge in [-0.15, -0.1) is 0 Å². The molecule has 0 spiro atoms. The van der Waals surface area contributed by atoms with Crippen molar-refractivity contribution in [2.24, 2.45) is 0 Å². The average Bonchev–Trinajstić information content (AvgIpc) is 2.39. The number of rotatable bonds is 1. The van der Waals surface area contributed by atoms with Crippen molar-refractivity contribution in [2.75, 3.05) is 13.1 Å². The summed E-state index contributed by atoms with van der Waals surface area (Å²) in [5.41, 5.74) is 1.29. The first kappa shape index (κ1) is 9.76. The zero-order valence-electron chi connectivity index (χ0n) is 9.48. The van der Waals surface area contributed by atoms with Gasteiger partial charge in [0.15, 0.2) is 5.88 Å². The van der Waals surface area contributed by atoms with Crippen LogP contribution in [-0.4, -0.2) is 18.0 Å². The molecule has 2 aliphatic rings. The molecule has 84 valence electrons. The Kier molecular flexibility index (Phi) is 2.56. The van der Waals surface area contributed by atoms with E-state index in [9.17, 15) is 0 Å². The van der Waals surface area contributed by atoms with E-state index in [4.69, 9.17) is 4.74 Å². The van der Waals surface area contributed by atoms with E-state index in [2.05, 4.69) is 29.2 Å². The van der Waals surface area contributed by atoms with Crippen molar-refractivity contribution in [2.45, 2.75) is 25.7 Å². The van der Waals surface area contributed by atoms with E-state index in [1.165, 1.54) is 24.8 Å². The minimum Gasteiger partial charge on any atom is -0.441 e. The Morgan fingerprint density at radius 1 is 1.00 bits per heavy atom. The maximum Gasteiger partial charge on any atom is 0.192 e. The number of fused-ring (bicyclic) bond motifs is 1. The van der Waals surface area contributed by atoms with Gasteiger partial charge in [0.2, 0.25) is 0 Å². The van der Waals surface area contributed by atoms with Crippen LogP contribution in [0.25, 0.3) is 0 Å². The lowest BCUT2D eigenvalue weighted by atomic mass is 10.1. The van der Waals surface area contributed by atoms with Crippen molar-refractivity contribution in [1.29, 1.82) is 0 Å². The van der Waals surface area contributed by atoms with Crippen LogP contribution in [0.1, 0.15) is 24.8 Å². The summed E-state index contributed by atoms with van der Waals surface area (Å²) in [5, 5.41) is 0. The van der Waals surface area contributed by atoms with E-state index in [1.807, 2.05) is 6.07 Å². The highest BCUT2D eigenvalue weighted by Gasteiger charge is 2.18. The third-order valence-corrected chi connectivity index (χ3v) is 3.35. The molecule has 0 bridgehead atoms. The van der Waals surface area contributed by atoms with Gasteiger partial charge in [-0.1, -0.05) is 18.2 Å². The number of hydrogen-bond donors (Lipinski definition) is 0. The number of likely N-dealkylation sites (tertiary alicyclic amines) is 1. The highest BCUT2D eigenvalue weighted by molar-refractivity contribution is 5.38. The summed E-state index contributed by atoms with van der Waals surface area (Å²) < 4.78 is 5.96. The van der Waals surface area contributed by atoms with Crippen molar-refractivity contribution in [1.82, 2.24) is 4.90 Å². The number of allylic oxidation sites excluding steroid dienone is 1. The molecule has 0 radical (unpaired) electrons. The van der Waals surface area contributed by atoms with Crippen LogP contribution in [0.15, 0.2) is 36.2 Å². The summed E-state index contributed by atoms with van der Waals surface area (Å²) in [6.45, 7) is 2.29. The number of nitrogens with zero attached hydrogens (tertiary/aromatic N) is 1. The molecule has 0 amide bonds. The quantitative estimate of drug-likeness (QED) is 0.714. The topological polar surface area (TPSA) is 12.5 Å².